The number of Topliss-reactive ketones (excluding diaryl/α,β-unsaturated/α-hetero) is 1. The molecule has 3 rings (SSSR count). The molecule has 0 radical (unpaired) electrons. The maximum Gasteiger partial charge on any atom is 0.215 e. The molecule has 12 heteroatoms. The molecule has 0 aliphatic carbocycles. The zero-order valence-corrected chi connectivity index (χ0v) is 16.6. The average Bonchev–Trinajstić information content (AvgIpc) is 2.66. The van der Waals surface area contributed by atoms with Crippen molar-refractivity contribution in [3.8, 4) is 28.7 Å². The molecule has 0 aromatic heterocycles. The van der Waals surface area contributed by atoms with Crippen LogP contribution in [0.1, 0.15) is 22.0 Å². The van der Waals surface area contributed by atoms with Crippen LogP contribution in [0, 0.1) is 5.41 Å². The molecule has 166 valence electrons. The van der Waals surface area contributed by atoms with Gasteiger partial charge in [-0.05, 0) is 17.7 Å². The van der Waals surface area contributed by atoms with Gasteiger partial charge in [0.2, 0.25) is 11.7 Å². The smallest absolute Gasteiger partial charge is 0.215 e. The molecule has 2 atom stereocenters. The SMILES string of the molecule is CN(C)/C(N)=N/C(=N)N.O=C1c2c(O)cc(O)cc2OC(c2ccc(O)c(O)c2)C1O. The average molecular weight is 433 g/mol. The molecule has 0 amide bonds. The highest BCUT2D eigenvalue weighted by Crippen LogP contribution is 2.42. The van der Waals surface area contributed by atoms with Gasteiger partial charge in [-0.1, -0.05) is 6.07 Å². The summed E-state index contributed by atoms with van der Waals surface area (Å²) in [6, 6.07) is 5.85. The highest BCUT2D eigenvalue weighted by Gasteiger charge is 2.39. The third-order valence-corrected chi connectivity index (χ3v) is 4.14. The zero-order valence-electron chi connectivity index (χ0n) is 16.6. The predicted octanol–water partition coefficient (Wildman–Crippen LogP) is -0.0575. The molecule has 0 fully saturated rings. The lowest BCUT2D eigenvalue weighted by atomic mass is 9.92. The van der Waals surface area contributed by atoms with E-state index in [9.17, 15) is 30.3 Å². The second kappa shape index (κ2) is 9.09. The van der Waals surface area contributed by atoms with Gasteiger partial charge >= 0.3 is 0 Å². The number of hydrogen-bond donors (Lipinski definition) is 8. The van der Waals surface area contributed by atoms with Gasteiger partial charge in [0.15, 0.2) is 29.7 Å². The summed E-state index contributed by atoms with van der Waals surface area (Å²) in [6.45, 7) is 0. The molecule has 10 N–H and O–H groups in total. The van der Waals surface area contributed by atoms with Crippen molar-refractivity contribution >= 4 is 17.7 Å². The number of rotatable bonds is 1. The first-order chi connectivity index (χ1) is 14.4. The lowest BCUT2D eigenvalue weighted by Crippen LogP contribution is -2.36. The third kappa shape index (κ3) is 5.25. The summed E-state index contributed by atoms with van der Waals surface area (Å²) in [6.07, 6.45) is -2.75. The third-order valence-electron chi connectivity index (χ3n) is 4.14. The van der Waals surface area contributed by atoms with E-state index in [-0.39, 0.29) is 40.3 Å². The second-order valence-corrected chi connectivity index (χ2v) is 6.68. The Labute approximate surface area is 176 Å². The number of fused-ring (bicyclic) bond motifs is 1. The normalized spacial score (nSPS) is 17.6. The Balaban J connectivity index is 0.000000323. The number of ether oxygens (including phenoxy) is 1. The minimum Gasteiger partial charge on any atom is -0.508 e. The summed E-state index contributed by atoms with van der Waals surface area (Å²) in [5.41, 5.74) is 10.2. The summed E-state index contributed by atoms with van der Waals surface area (Å²) in [7, 11) is 3.45. The van der Waals surface area contributed by atoms with Crippen LogP contribution in [0.15, 0.2) is 35.3 Å². The molecule has 0 bridgehead atoms. The number of nitrogens with zero attached hydrogens (tertiary/aromatic N) is 2. The Hall–Kier alpha value is -4.19. The number of aliphatic hydroxyl groups excluding tert-OH is 1. The van der Waals surface area contributed by atoms with E-state index in [0.29, 0.717) is 0 Å². The summed E-state index contributed by atoms with van der Waals surface area (Å²) in [4.78, 5) is 17.2. The van der Waals surface area contributed by atoms with E-state index in [2.05, 4.69) is 4.99 Å². The first-order valence-corrected chi connectivity index (χ1v) is 8.74. The molecular weight excluding hydrogens is 410 g/mol. The Morgan fingerprint density at radius 1 is 1.06 bits per heavy atom. The van der Waals surface area contributed by atoms with E-state index in [1.54, 1.807) is 19.0 Å². The minimum atomic E-state index is -1.60. The number of carbonyl (C=O) groups excluding carboxylic acids is 1. The number of hydrogen-bond acceptors (Lipinski definition) is 8. The van der Waals surface area contributed by atoms with Crippen molar-refractivity contribution < 1.29 is 35.1 Å². The van der Waals surface area contributed by atoms with Crippen molar-refractivity contribution in [1.29, 1.82) is 5.41 Å². The van der Waals surface area contributed by atoms with Crippen molar-refractivity contribution in [3.63, 3.8) is 0 Å². The van der Waals surface area contributed by atoms with Crippen LogP contribution in [-0.4, -0.2) is 68.3 Å². The van der Waals surface area contributed by atoms with Crippen molar-refractivity contribution in [2.75, 3.05) is 14.1 Å². The predicted molar refractivity (Wildman–Crippen MR) is 110 cm³/mol. The van der Waals surface area contributed by atoms with Crippen LogP contribution in [0.25, 0.3) is 0 Å². The lowest BCUT2D eigenvalue weighted by Gasteiger charge is -2.30. The number of phenols is 4. The second-order valence-electron chi connectivity index (χ2n) is 6.68. The molecule has 1 aliphatic heterocycles. The van der Waals surface area contributed by atoms with Crippen LogP contribution < -0.4 is 16.2 Å². The fraction of sp³-hybridized carbons (Fsp3) is 0.211. The molecule has 2 unspecified atom stereocenters. The van der Waals surface area contributed by atoms with E-state index in [1.807, 2.05) is 0 Å². The van der Waals surface area contributed by atoms with Crippen LogP contribution in [0.2, 0.25) is 0 Å². The van der Waals surface area contributed by atoms with Gasteiger partial charge in [0.05, 0.1) is 0 Å². The molecule has 2 aromatic carbocycles. The highest BCUT2D eigenvalue weighted by molar-refractivity contribution is 6.05. The molecule has 1 heterocycles. The number of guanidine groups is 2. The van der Waals surface area contributed by atoms with E-state index in [4.69, 9.17) is 21.6 Å². The quantitative estimate of drug-likeness (QED) is 0.170. The van der Waals surface area contributed by atoms with Crippen molar-refractivity contribution in [2.45, 2.75) is 12.2 Å². The number of nitrogens with one attached hydrogen (secondary N) is 1. The van der Waals surface area contributed by atoms with Gasteiger partial charge in [0.1, 0.15) is 22.8 Å². The van der Waals surface area contributed by atoms with Crippen molar-refractivity contribution in [3.05, 3.63) is 41.5 Å². The van der Waals surface area contributed by atoms with Gasteiger partial charge in [-0.25, -0.2) is 0 Å². The van der Waals surface area contributed by atoms with E-state index < -0.39 is 29.5 Å². The minimum absolute atomic E-state index is 0.0784. The molecule has 0 saturated heterocycles. The topological polar surface area (TPSA) is 219 Å². The van der Waals surface area contributed by atoms with Crippen molar-refractivity contribution in [1.82, 2.24) is 4.90 Å². The molecule has 31 heavy (non-hydrogen) atoms. The number of aromatic hydroxyl groups is 4. The molecule has 0 saturated carbocycles. The number of benzene rings is 2. The molecular formula is C19H23N5O7. The van der Waals surface area contributed by atoms with Gasteiger partial charge in [0, 0.05) is 26.2 Å². The van der Waals surface area contributed by atoms with E-state index in [1.165, 1.54) is 12.1 Å². The van der Waals surface area contributed by atoms with Gasteiger partial charge in [-0.2, -0.15) is 4.99 Å². The van der Waals surface area contributed by atoms with Crippen LogP contribution in [-0.2, 0) is 0 Å². The molecule has 1 aliphatic rings. The summed E-state index contributed by atoms with van der Waals surface area (Å²) in [5.74, 6) is -2.45. The maximum absolute atomic E-state index is 12.2. The Morgan fingerprint density at radius 2 is 1.71 bits per heavy atom. The lowest BCUT2D eigenvalue weighted by molar-refractivity contribution is 0.0210. The zero-order chi connectivity index (χ0) is 23.5. The molecule has 2 aromatic rings. The van der Waals surface area contributed by atoms with Crippen LogP contribution in [0.3, 0.4) is 0 Å². The Kier molecular flexibility index (Phi) is 6.77. The molecule has 0 spiro atoms. The number of carbonyl (C=O) groups is 1. The van der Waals surface area contributed by atoms with Gasteiger partial charge in [0.25, 0.3) is 0 Å². The standard InChI is InChI=1S/C15H12O7.C4H11N5/c16-7-4-10(19)12-11(5-7)22-15(14(21)13(12)20)6-1-2-8(17)9(18)3-6;1-9(2)4(7)8-3(5)6/h1-5,14-19,21H;1-2H3,(H5,5,6,7,8). The number of phenolic OH excluding ortho intramolecular Hbond substituents is 4. The van der Waals surface area contributed by atoms with Gasteiger partial charge < -0.3 is 46.6 Å². The maximum atomic E-state index is 12.2. The van der Waals surface area contributed by atoms with Crippen LogP contribution in [0.4, 0.5) is 0 Å². The first-order valence-electron chi connectivity index (χ1n) is 8.74. The summed E-state index contributed by atoms with van der Waals surface area (Å²) < 4.78 is 5.47. The summed E-state index contributed by atoms with van der Waals surface area (Å²) in [5, 5.41) is 54.8. The largest absolute Gasteiger partial charge is 0.508 e. The Morgan fingerprint density at radius 3 is 2.23 bits per heavy atom. The monoisotopic (exact) mass is 433 g/mol. The van der Waals surface area contributed by atoms with E-state index >= 15 is 0 Å². The fourth-order valence-electron chi connectivity index (χ4n) is 2.61. The number of nitrogens with two attached hydrogens (primary N) is 2. The fourth-order valence-corrected chi connectivity index (χ4v) is 2.61. The first kappa shape index (κ1) is 23.1. The summed E-state index contributed by atoms with van der Waals surface area (Å²) >= 11 is 0. The number of aliphatic hydroxyl groups is 1. The van der Waals surface area contributed by atoms with Crippen LogP contribution in [0.5, 0.6) is 28.7 Å². The van der Waals surface area contributed by atoms with E-state index in [0.717, 1.165) is 18.2 Å². The van der Waals surface area contributed by atoms with Crippen molar-refractivity contribution in [2.24, 2.45) is 16.5 Å². The van der Waals surface area contributed by atoms with Gasteiger partial charge in [-0.3, -0.25) is 10.2 Å². The highest BCUT2D eigenvalue weighted by atomic mass is 16.5. The number of aliphatic imine (C=N–C) groups is 1. The molecule has 12 nitrogen and oxygen atoms in total. The van der Waals surface area contributed by atoms with Crippen LogP contribution >= 0.6 is 0 Å². The van der Waals surface area contributed by atoms with Gasteiger partial charge in [-0.15, -0.1) is 0 Å². The Bertz CT molecular complexity index is 1040. The number of ketones is 1.